The SMILES string of the molecule is CCCn1c(CBr)nnc1-c1c(C)cccc1C. The molecule has 0 radical (unpaired) electrons. The summed E-state index contributed by atoms with van der Waals surface area (Å²) in [6, 6.07) is 6.34. The van der Waals surface area contributed by atoms with Gasteiger partial charge in [0.1, 0.15) is 5.82 Å². The standard InChI is InChI=1S/C14H18BrN3/c1-4-8-18-12(9-15)16-17-14(18)13-10(2)6-5-7-11(13)3/h5-7H,4,8-9H2,1-3H3. The molecule has 0 aliphatic heterocycles. The van der Waals surface area contributed by atoms with E-state index in [0.29, 0.717) is 0 Å². The monoisotopic (exact) mass is 307 g/mol. The first-order valence-corrected chi connectivity index (χ1v) is 7.35. The second-order valence-electron chi connectivity index (χ2n) is 4.49. The van der Waals surface area contributed by atoms with Crippen LogP contribution in [-0.4, -0.2) is 14.8 Å². The van der Waals surface area contributed by atoms with Gasteiger partial charge in [0.25, 0.3) is 0 Å². The summed E-state index contributed by atoms with van der Waals surface area (Å²) in [6.45, 7) is 7.38. The lowest BCUT2D eigenvalue weighted by atomic mass is 10.0. The minimum atomic E-state index is 0.741. The molecular weight excluding hydrogens is 290 g/mol. The minimum absolute atomic E-state index is 0.741. The molecule has 0 unspecified atom stereocenters. The Kier molecular flexibility index (Phi) is 4.17. The van der Waals surface area contributed by atoms with E-state index in [0.717, 1.165) is 29.9 Å². The lowest BCUT2D eigenvalue weighted by molar-refractivity contribution is 0.660. The van der Waals surface area contributed by atoms with Crippen molar-refractivity contribution in [2.75, 3.05) is 0 Å². The van der Waals surface area contributed by atoms with Crippen LogP contribution in [0.25, 0.3) is 11.4 Å². The molecule has 0 aliphatic rings. The van der Waals surface area contributed by atoms with Crippen LogP contribution < -0.4 is 0 Å². The Morgan fingerprint density at radius 2 is 1.83 bits per heavy atom. The fraction of sp³-hybridized carbons (Fsp3) is 0.429. The smallest absolute Gasteiger partial charge is 0.164 e. The molecule has 4 heteroatoms. The van der Waals surface area contributed by atoms with Gasteiger partial charge in [-0.05, 0) is 31.4 Å². The van der Waals surface area contributed by atoms with Gasteiger partial charge in [-0.3, -0.25) is 0 Å². The van der Waals surface area contributed by atoms with Crippen LogP contribution in [0.4, 0.5) is 0 Å². The van der Waals surface area contributed by atoms with E-state index in [1.807, 2.05) is 0 Å². The number of rotatable bonds is 4. The Labute approximate surface area is 116 Å². The number of hydrogen-bond acceptors (Lipinski definition) is 2. The van der Waals surface area contributed by atoms with Gasteiger partial charge in [-0.15, -0.1) is 10.2 Å². The molecule has 0 saturated carbocycles. The Morgan fingerprint density at radius 3 is 2.39 bits per heavy atom. The van der Waals surface area contributed by atoms with Gasteiger partial charge in [-0.25, -0.2) is 0 Å². The average molecular weight is 308 g/mol. The highest BCUT2D eigenvalue weighted by Gasteiger charge is 2.15. The molecule has 1 aromatic heterocycles. The van der Waals surface area contributed by atoms with Crippen molar-refractivity contribution in [1.29, 1.82) is 0 Å². The summed E-state index contributed by atoms with van der Waals surface area (Å²) in [7, 11) is 0. The summed E-state index contributed by atoms with van der Waals surface area (Å²) in [5.74, 6) is 1.98. The molecule has 0 saturated heterocycles. The lowest BCUT2D eigenvalue weighted by Crippen LogP contribution is -2.05. The lowest BCUT2D eigenvalue weighted by Gasteiger charge is -2.12. The number of halogens is 1. The minimum Gasteiger partial charge on any atom is -0.310 e. The Hall–Kier alpha value is -1.16. The quantitative estimate of drug-likeness (QED) is 0.803. The second kappa shape index (κ2) is 5.65. The van der Waals surface area contributed by atoms with Gasteiger partial charge in [0.2, 0.25) is 0 Å². The summed E-state index contributed by atoms with van der Waals surface area (Å²) >= 11 is 3.48. The third-order valence-electron chi connectivity index (χ3n) is 3.10. The molecule has 2 aromatic rings. The fourth-order valence-electron chi connectivity index (χ4n) is 2.24. The molecule has 0 N–H and O–H groups in total. The Balaban J connectivity index is 2.60. The number of aryl methyl sites for hydroxylation is 2. The molecule has 0 spiro atoms. The van der Waals surface area contributed by atoms with Crippen molar-refractivity contribution in [1.82, 2.24) is 14.8 Å². The highest BCUT2D eigenvalue weighted by molar-refractivity contribution is 9.08. The van der Waals surface area contributed by atoms with E-state index in [-0.39, 0.29) is 0 Å². The van der Waals surface area contributed by atoms with Crippen molar-refractivity contribution < 1.29 is 0 Å². The molecule has 0 aliphatic carbocycles. The number of benzene rings is 1. The third kappa shape index (κ3) is 2.34. The maximum Gasteiger partial charge on any atom is 0.164 e. The first-order chi connectivity index (χ1) is 8.69. The van der Waals surface area contributed by atoms with Crippen LogP contribution in [0.2, 0.25) is 0 Å². The highest BCUT2D eigenvalue weighted by atomic mass is 79.9. The van der Waals surface area contributed by atoms with Gasteiger partial charge in [0.05, 0.1) is 5.33 Å². The summed E-state index contributed by atoms with van der Waals surface area (Å²) in [5, 5.41) is 9.40. The molecule has 1 heterocycles. The van der Waals surface area contributed by atoms with Crippen molar-refractivity contribution in [3.8, 4) is 11.4 Å². The molecule has 96 valence electrons. The van der Waals surface area contributed by atoms with E-state index >= 15 is 0 Å². The molecule has 0 fully saturated rings. The first kappa shape index (κ1) is 13.3. The van der Waals surface area contributed by atoms with Crippen LogP contribution in [-0.2, 0) is 11.9 Å². The molecule has 18 heavy (non-hydrogen) atoms. The van der Waals surface area contributed by atoms with Crippen molar-refractivity contribution in [2.24, 2.45) is 0 Å². The van der Waals surface area contributed by atoms with Gasteiger partial charge in [0, 0.05) is 12.1 Å². The van der Waals surface area contributed by atoms with Gasteiger partial charge in [-0.1, -0.05) is 41.1 Å². The van der Waals surface area contributed by atoms with E-state index < -0.39 is 0 Å². The van der Waals surface area contributed by atoms with Crippen molar-refractivity contribution >= 4 is 15.9 Å². The molecule has 0 atom stereocenters. The summed E-state index contributed by atoms with van der Waals surface area (Å²) in [6.07, 6.45) is 1.08. The molecule has 0 amide bonds. The first-order valence-electron chi connectivity index (χ1n) is 6.23. The molecule has 0 bridgehead atoms. The van der Waals surface area contributed by atoms with E-state index in [9.17, 15) is 0 Å². The Bertz CT molecular complexity index is 526. The average Bonchev–Trinajstić information content (AvgIpc) is 2.73. The van der Waals surface area contributed by atoms with Gasteiger partial charge in [-0.2, -0.15) is 0 Å². The topological polar surface area (TPSA) is 30.7 Å². The highest BCUT2D eigenvalue weighted by Crippen LogP contribution is 2.26. The van der Waals surface area contributed by atoms with Gasteiger partial charge < -0.3 is 4.57 Å². The fourth-order valence-corrected chi connectivity index (χ4v) is 2.66. The molecule has 3 nitrogen and oxygen atoms in total. The van der Waals surface area contributed by atoms with E-state index in [2.05, 4.69) is 69.7 Å². The summed E-state index contributed by atoms with van der Waals surface area (Å²) in [5.41, 5.74) is 3.72. The van der Waals surface area contributed by atoms with Crippen molar-refractivity contribution in [3.05, 3.63) is 35.2 Å². The van der Waals surface area contributed by atoms with Crippen LogP contribution in [0.1, 0.15) is 30.3 Å². The van der Waals surface area contributed by atoms with Crippen LogP contribution in [0.15, 0.2) is 18.2 Å². The summed E-state index contributed by atoms with van der Waals surface area (Å²) < 4.78 is 2.21. The number of aromatic nitrogens is 3. The molecular formula is C14H18BrN3. The van der Waals surface area contributed by atoms with Crippen LogP contribution in [0, 0.1) is 13.8 Å². The van der Waals surface area contributed by atoms with E-state index in [1.54, 1.807) is 0 Å². The van der Waals surface area contributed by atoms with Crippen molar-refractivity contribution in [2.45, 2.75) is 39.1 Å². The second-order valence-corrected chi connectivity index (χ2v) is 5.05. The van der Waals surface area contributed by atoms with Crippen LogP contribution in [0.3, 0.4) is 0 Å². The normalized spacial score (nSPS) is 10.9. The number of nitrogens with zero attached hydrogens (tertiary/aromatic N) is 3. The van der Waals surface area contributed by atoms with E-state index in [4.69, 9.17) is 0 Å². The van der Waals surface area contributed by atoms with Crippen LogP contribution >= 0.6 is 15.9 Å². The Morgan fingerprint density at radius 1 is 1.17 bits per heavy atom. The number of alkyl halides is 1. The largest absolute Gasteiger partial charge is 0.310 e. The predicted octanol–water partition coefficient (Wildman–Crippen LogP) is 3.87. The molecule has 2 rings (SSSR count). The summed E-state index contributed by atoms with van der Waals surface area (Å²) in [4.78, 5) is 0. The van der Waals surface area contributed by atoms with Crippen LogP contribution in [0.5, 0.6) is 0 Å². The van der Waals surface area contributed by atoms with E-state index in [1.165, 1.54) is 16.7 Å². The zero-order valence-electron chi connectivity index (χ0n) is 11.1. The maximum atomic E-state index is 4.38. The van der Waals surface area contributed by atoms with Crippen molar-refractivity contribution in [3.63, 3.8) is 0 Å². The maximum absolute atomic E-state index is 4.38. The van der Waals surface area contributed by atoms with Gasteiger partial charge in [0.15, 0.2) is 5.82 Å². The number of hydrogen-bond donors (Lipinski definition) is 0. The third-order valence-corrected chi connectivity index (χ3v) is 3.60. The zero-order chi connectivity index (χ0) is 13.1. The molecule has 1 aromatic carbocycles. The van der Waals surface area contributed by atoms with Gasteiger partial charge >= 0.3 is 0 Å². The predicted molar refractivity (Wildman–Crippen MR) is 77.9 cm³/mol. The zero-order valence-corrected chi connectivity index (χ0v) is 12.7.